The van der Waals surface area contributed by atoms with Crippen molar-refractivity contribution < 1.29 is 4.74 Å². The Labute approximate surface area is 132 Å². The van der Waals surface area contributed by atoms with Crippen molar-refractivity contribution in [1.29, 1.82) is 0 Å². The molecule has 1 heterocycles. The predicted octanol–water partition coefficient (Wildman–Crippen LogP) is 2.97. The lowest BCUT2D eigenvalue weighted by Crippen LogP contribution is -2.29. The molecule has 2 aromatic carbocycles. The van der Waals surface area contributed by atoms with Gasteiger partial charge in [-0.2, -0.15) is 0 Å². The molecule has 3 N–H and O–H groups in total. The van der Waals surface area contributed by atoms with Gasteiger partial charge >= 0.3 is 0 Å². The lowest BCUT2D eigenvalue weighted by atomic mass is 9.97. The highest BCUT2D eigenvalue weighted by Crippen LogP contribution is 2.29. The molecule has 0 bridgehead atoms. The molecule has 2 aromatic rings. The molecule has 0 amide bonds. The molecule has 0 aromatic heterocycles. The smallest absolute Gasteiger partial charge is 0.122 e. The van der Waals surface area contributed by atoms with E-state index in [0.717, 1.165) is 25.2 Å². The maximum absolute atomic E-state index is 5.75. The van der Waals surface area contributed by atoms with Gasteiger partial charge in [0.1, 0.15) is 5.75 Å². The number of hydrogen-bond donors (Lipinski definition) is 2. The first-order chi connectivity index (χ1) is 9.76. The first kappa shape index (κ1) is 13.9. The second-order valence-electron chi connectivity index (χ2n) is 5.02. The van der Waals surface area contributed by atoms with Crippen molar-refractivity contribution in [3.63, 3.8) is 0 Å². The van der Waals surface area contributed by atoms with E-state index in [1.165, 1.54) is 20.3 Å². The summed E-state index contributed by atoms with van der Waals surface area (Å²) in [6.45, 7) is 0.788. The monoisotopic (exact) mass is 380 g/mol. The summed E-state index contributed by atoms with van der Waals surface area (Å²) in [6.07, 6.45) is 1.87. The summed E-state index contributed by atoms with van der Waals surface area (Å²) in [4.78, 5) is 0. The maximum Gasteiger partial charge on any atom is 0.122 e. The molecule has 20 heavy (non-hydrogen) atoms. The van der Waals surface area contributed by atoms with Crippen molar-refractivity contribution in [1.82, 2.24) is 5.43 Å². The second-order valence-corrected chi connectivity index (χ2v) is 6.26. The molecule has 3 rings (SSSR count). The minimum absolute atomic E-state index is 0.126. The van der Waals surface area contributed by atoms with Gasteiger partial charge in [-0.05, 0) is 63.9 Å². The van der Waals surface area contributed by atoms with Crippen LogP contribution in [0.5, 0.6) is 5.75 Å². The zero-order valence-electron chi connectivity index (χ0n) is 11.1. The van der Waals surface area contributed by atoms with Crippen LogP contribution in [0.3, 0.4) is 0 Å². The van der Waals surface area contributed by atoms with Crippen LogP contribution in [0.4, 0.5) is 0 Å². The summed E-state index contributed by atoms with van der Waals surface area (Å²) >= 11 is 2.32. The topological polar surface area (TPSA) is 47.3 Å². The molecule has 4 heteroatoms. The summed E-state index contributed by atoms with van der Waals surface area (Å²) in [5, 5.41) is 0. The highest BCUT2D eigenvalue weighted by molar-refractivity contribution is 14.1. The number of benzene rings is 2. The van der Waals surface area contributed by atoms with Crippen LogP contribution >= 0.6 is 22.6 Å². The minimum Gasteiger partial charge on any atom is -0.493 e. The Balaban J connectivity index is 1.81. The third kappa shape index (κ3) is 2.97. The summed E-state index contributed by atoms with van der Waals surface area (Å²) in [5.74, 6) is 6.76. The van der Waals surface area contributed by atoms with E-state index >= 15 is 0 Å². The van der Waals surface area contributed by atoms with Crippen LogP contribution < -0.4 is 16.0 Å². The average Bonchev–Trinajstić information content (AvgIpc) is 2.94. The molecule has 0 radical (unpaired) electrons. The third-order valence-corrected chi connectivity index (χ3v) is 4.39. The zero-order chi connectivity index (χ0) is 13.9. The molecular weight excluding hydrogens is 363 g/mol. The average molecular weight is 380 g/mol. The van der Waals surface area contributed by atoms with E-state index < -0.39 is 0 Å². The van der Waals surface area contributed by atoms with Crippen molar-refractivity contribution >= 4 is 22.6 Å². The van der Waals surface area contributed by atoms with E-state index in [-0.39, 0.29) is 6.04 Å². The van der Waals surface area contributed by atoms with Crippen LogP contribution in [0, 0.1) is 3.57 Å². The molecule has 1 unspecified atom stereocenters. The SMILES string of the molecule is NNC(Cc1ccc(I)cc1)c1ccc2c(c1)CCO2. The standard InChI is InChI=1S/C16H17IN2O/c17-14-4-1-11(2-5-14)9-15(19-18)12-3-6-16-13(10-12)7-8-20-16/h1-6,10,15,19H,7-9,18H2. The van der Waals surface area contributed by atoms with Crippen LogP contribution in [0.25, 0.3) is 0 Å². The van der Waals surface area contributed by atoms with Crippen LogP contribution in [0.15, 0.2) is 42.5 Å². The Hall–Kier alpha value is -1.11. The summed E-state index contributed by atoms with van der Waals surface area (Å²) < 4.78 is 6.79. The molecule has 0 fully saturated rings. The fourth-order valence-corrected chi connectivity index (χ4v) is 2.91. The van der Waals surface area contributed by atoms with E-state index in [1.807, 2.05) is 0 Å². The van der Waals surface area contributed by atoms with Crippen molar-refractivity contribution in [2.45, 2.75) is 18.9 Å². The van der Waals surface area contributed by atoms with Gasteiger partial charge in [0.15, 0.2) is 0 Å². The number of ether oxygens (including phenoxy) is 1. The quantitative estimate of drug-likeness (QED) is 0.487. The number of nitrogens with two attached hydrogens (primary N) is 1. The molecule has 0 saturated heterocycles. The summed E-state index contributed by atoms with van der Waals surface area (Å²) in [5.41, 5.74) is 6.71. The summed E-state index contributed by atoms with van der Waals surface area (Å²) in [6, 6.07) is 15.0. The maximum atomic E-state index is 5.75. The minimum atomic E-state index is 0.126. The van der Waals surface area contributed by atoms with Gasteiger partial charge in [0.2, 0.25) is 0 Å². The van der Waals surface area contributed by atoms with Crippen molar-refractivity contribution in [2.24, 2.45) is 5.84 Å². The molecule has 0 aliphatic carbocycles. The van der Waals surface area contributed by atoms with Crippen molar-refractivity contribution in [3.8, 4) is 5.75 Å². The molecule has 104 valence electrons. The number of hydrogen-bond acceptors (Lipinski definition) is 3. The molecular formula is C16H17IN2O. The number of hydrazine groups is 1. The Morgan fingerprint density at radius 1 is 1.20 bits per heavy atom. The third-order valence-electron chi connectivity index (χ3n) is 3.67. The number of nitrogens with one attached hydrogen (secondary N) is 1. The van der Waals surface area contributed by atoms with E-state index in [1.54, 1.807) is 0 Å². The highest BCUT2D eigenvalue weighted by Gasteiger charge is 2.16. The van der Waals surface area contributed by atoms with Crippen LogP contribution in [0.2, 0.25) is 0 Å². The van der Waals surface area contributed by atoms with Crippen LogP contribution in [0.1, 0.15) is 22.7 Å². The molecule has 3 nitrogen and oxygen atoms in total. The zero-order valence-corrected chi connectivity index (χ0v) is 13.3. The Kier molecular flexibility index (Phi) is 4.24. The van der Waals surface area contributed by atoms with Gasteiger partial charge in [-0.15, -0.1) is 0 Å². The van der Waals surface area contributed by atoms with Gasteiger partial charge < -0.3 is 4.74 Å². The van der Waals surface area contributed by atoms with Crippen molar-refractivity contribution in [3.05, 3.63) is 62.7 Å². The van der Waals surface area contributed by atoms with Crippen LogP contribution in [-0.2, 0) is 12.8 Å². The van der Waals surface area contributed by atoms with Crippen LogP contribution in [-0.4, -0.2) is 6.61 Å². The Morgan fingerprint density at radius 3 is 2.75 bits per heavy atom. The highest BCUT2D eigenvalue weighted by atomic mass is 127. The van der Waals surface area contributed by atoms with Gasteiger partial charge in [-0.1, -0.05) is 24.3 Å². The number of halogens is 1. The van der Waals surface area contributed by atoms with Gasteiger partial charge in [0.05, 0.1) is 6.61 Å². The summed E-state index contributed by atoms with van der Waals surface area (Å²) in [7, 11) is 0. The largest absolute Gasteiger partial charge is 0.493 e. The van der Waals surface area contributed by atoms with E-state index in [9.17, 15) is 0 Å². The fourth-order valence-electron chi connectivity index (χ4n) is 2.55. The lowest BCUT2D eigenvalue weighted by Gasteiger charge is -2.17. The first-order valence-corrected chi connectivity index (χ1v) is 7.80. The first-order valence-electron chi connectivity index (χ1n) is 6.72. The van der Waals surface area contributed by atoms with Crippen molar-refractivity contribution in [2.75, 3.05) is 6.61 Å². The normalized spacial score (nSPS) is 14.7. The molecule has 1 atom stereocenters. The van der Waals surface area contributed by atoms with E-state index in [0.29, 0.717) is 0 Å². The number of fused-ring (bicyclic) bond motifs is 1. The molecule has 0 spiro atoms. The molecule has 0 saturated carbocycles. The Morgan fingerprint density at radius 2 is 2.00 bits per heavy atom. The van der Waals surface area contributed by atoms with E-state index in [2.05, 4.69) is 70.5 Å². The molecule has 1 aliphatic heterocycles. The Bertz CT molecular complexity index is 598. The van der Waals surface area contributed by atoms with Gasteiger partial charge in [-0.25, -0.2) is 0 Å². The van der Waals surface area contributed by atoms with Gasteiger partial charge in [-0.3, -0.25) is 11.3 Å². The van der Waals surface area contributed by atoms with Gasteiger partial charge in [0.25, 0.3) is 0 Å². The lowest BCUT2D eigenvalue weighted by molar-refractivity contribution is 0.356. The number of rotatable bonds is 4. The molecule has 1 aliphatic rings. The fraction of sp³-hybridized carbons (Fsp3) is 0.250. The van der Waals surface area contributed by atoms with E-state index in [4.69, 9.17) is 10.6 Å². The predicted molar refractivity (Wildman–Crippen MR) is 88.6 cm³/mol. The second kappa shape index (κ2) is 6.11. The van der Waals surface area contributed by atoms with Gasteiger partial charge in [0, 0.05) is 16.0 Å².